The SMILES string of the molecule is Cc1c(N(C)S(=O)(=O)c2ccccc2)n(Cc2ccccc2)c2ccccc12. The van der Waals surface area contributed by atoms with Gasteiger partial charge in [-0.2, -0.15) is 0 Å². The number of aromatic nitrogens is 1. The molecular formula is C23H22N2O2S. The molecule has 0 aliphatic rings. The molecule has 1 heterocycles. The van der Waals surface area contributed by atoms with Gasteiger partial charge in [-0.1, -0.05) is 66.7 Å². The quantitative estimate of drug-likeness (QED) is 0.490. The minimum atomic E-state index is -3.66. The van der Waals surface area contributed by atoms with Crippen molar-refractivity contribution < 1.29 is 8.42 Å². The van der Waals surface area contributed by atoms with Crippen LogP contribution in [0.4, 0.5) is 5.82 Å². The number of aryl methyl sites for hydroxylation is 1. The Morgan fingerprint density at radius 3 is 2.07 bits per heavy atom. The van der Waals surface area contributed by atoms with Gasteiger partial charge >= 0.3 is 0 Å². The van der Waals surface area contributed by atoms with E-state index in [4.69, 9.17) is 0 Å². The van der Waals surface area contributed by atoms with Gasteiger partial charge in [0.2, 0.25) is 0 Å². The molecule has 0 radical (unpaired) electrons. The zero-order valence-electron chi connectivity index (χ0n) is 15.9. The van der Waals surface area contributed by atoms with Crippen LogP contribution in [0.2, 0.25) is 0 Å². The molecule has 5 heteroatoms. The maximum absolute atomic E-state index is 13.3. The zero-order valence-corrected chi connectivity index (χ0v) is 16.7. The fraction of sp³-hybridized carbons (Fsp3) is 0.130. The van der Waals surface area contributed by atoms with Gasteiger partial charge in [-0.3, -0.25) is 4.31 Å². The summed E-state index contributed by atoms with van der Waals surface area (Å²) in [4.78, 5) is 0.286. The molecular weight excluding hydrogens is 368 g/mol. The molecule has 0 atom stereocenters. The van der Waals surface area contributed by atoms with Crippen LogP contribution in [0.25, 0.3) is 10.9 Å². The number of benzene rings is 3. The van der Waals surface area contributed by atoms with Gasteiger partial charge in [0.1, 0.15) is 5.82 Å². The maximum Gasteiger partial charge on any atom is 0.265 e. The molecule has 0 saturated heterocycles. The van der Waals surface area contributed by atoms with E-state index in [-0.39, 0.29) is 4.90 Å². The van der Waals surface area contributed by atoms with Crippen LogP contribution < -0.4 is 4.31 Å². The van der Waals surface area contributed by atoms with Gasteiger partial charge in [0.25, 0.3) is 10.0 Å². The molecule has 142 valence electrons. The second-order valence-electron chi connectivity index (χ2n) is 6.82. The molecule has 0 amide bonds. The first-order valence-corrected chi connectivity index (χ1v) is 10.6. The highest BCUT2D eigenvalue weighted by atomic mass is 32.2. The molecule has 0 saturated carbocycles. The molecule has 0 bridgehead atoms. The fourth-order valence-corrected chi connectivity index (χ4v) is 4.94. The van der Waals surface area contributed by atoms with Crippen molar-refractivity contribution in [2.75, 3.05) is 11.4 Å². The number of sulfonamides is 1. The van der Waals surface area contributed by atoms with Gasteiger partial charge < -0.3 is 4.57 Å². The summed E-state index contributed by atoms with van der Waals surface area (Å²) in [5.74, 6) is 0.689. The van der Waals surface area contributed by atoms with E-state index in [9.17, 15) is 8.42 Å². The number of para-hydroxylation sites is 1. The highest BCUT2D eigenvalue weighted by Gasteiger charge is 2.27. The van der Waals surface area contributed by atoms with E-state index >= 15 is 0 Å². The Kier molecular flexibility index (Phi) is 4.69. The number of anilines is 1. The third-order valence-electron chi connectivity index (χ3n) is 5.07. The molecule has 4 aromatic rings. The second kappa shape index (κ2) is 7.17. The lowest BCUT2D eigenvalue weighted by molar-refractivity contribution is 0.593. The van der Waals surface area contributed by atoms with Crippen LogP contribution in [0.5, 0.6) is 0 Å². The van der Waals surface area contributed by atoms with E-state index < -0.39 is 10.0 Å². The van der Waals surface area contributed by atoms with E-state index in [1.165, 1.54) is 4.31 Å². The Hall–Kier alpha value is -3.05. The third-order valence-corrected chi connectivity index (χ3v) is 6.84. The van der Waals surface area contributed by atoms with Crippen molar-refractivity contribution in [2.24, 2.45) is 0 Å². The largest absolute Gasteiger partial charge is 0.322 e. The molecule has 0 unspecified atom stereocenters. The summed E-state index contributed by atoms with van der Waals surface area (Å²) in [6.45, 7) is 2.58. The number of rotatable bonds is 5. The lowest BCUT2D eigenvalue weighted by Crippen LogP contribution is -2.29. The van der Waals surface area contributed by atoms with E-state index in [0.29, 0.717) is 12.4 Å². The van der Waals surface area contributed by atoms with E-state index in [2.05, 4.69) is 16.7 Å². The van der Waals surface area contributed by atoms with Crippen LogP contribution in [-0.2, 0) is 16.6 Å². The molecule has 4 nitrogen and oxygen atoms in total. The van der Waals surface area contributed by atoms with Gasteiger partial charge in [0.05, 0.1) is 10.4 Å². The molecule has 0 fully saturated rings. The lowest BCUT2D eigenvalue weighted by Gasteiger charge is -2.23. The zero-order chi connectivity index (χ0) is 19.7. The predicted octanol–water partition coefficient (Wildman–Crippen LogP) is 4.82. The molecule has 28 heavy (non-hydrogen) atoms. The summed E-state index contributed by atoms with van der Waals surface area (Å²) in [6.07, 6.45) is 0. The van der Waals surface area contributed by atoms with Gasteiger partial charge in [0, 0.05) is 24.5 Å². The summed E-state index contributed by atoms with van der Waals surface area (Å²) < 4.78 is 30.0. The third kappa shape index (κ3) is 3.08. The topological polar surface area (TPSA) is 42.3 Å². The van der Waals surface area contributed by atoms with E-state index in [1.807, 2.05) is 55.5 Å². The van der Waals surface area contributed by atoms with Gasteiger partial charge in [0.15, 0.2) is 0 Å². The molecule has 0 spiro atoms. The number of hydrogen-bond donors (Lipinski definition) is 0. The summed E-state index contributed by atoms with van der Waals surface area (Å²) >= 11 is 0. The van der Waals surface area contributed by atoms with Crippen molar-refractivity contribution in [1.82, 2.24) is 4.57 Å². The normalized spacial score (nSPS) is 11.6. The Morgan fingerprint density at radius 2 is 1.39 bits per heavy atom. The molecule has 0 aliphatic carbocycles. The monoisotopic (exact) mass is 390 g/mol. The van der Waals surface area contributed by atoms with E-state index in [1.54, 1.807) is 31.3 Å². The summed E-state index contributed by atoms with van der Waals surface area (Å²) in [6, 6.07) is 26.7. The van der Waals surface area contributed by atoms with Crippen molar-refractivity contribution in [3.8, 4) is 0 Å². The first-order chi connectivity index (χ1) is 13.5. The Balaban J connectivity index is 1.91. The molecule has 4 rings (SSSR count). The summed E-state index contributed by atoms with van der Waals surface area (Å²) in [5.41, 5.74) is 3.09. The highest BCUT2D eigenvalue weighted by molar-refractivity contribution is 7.92. The van der Waals surface area contributed by atoms with Gasteiger partial charge in [-0.05, 0) is 30.7 Å². The van der Waals surface area contributed by atoms with Gasteiger partial charge in [-0.25, -0.2) is 8.42 Å². The van der Waals surface area contributed by atoms with Crippen LogP contribution in [-0.4, -0.2) is 20.0 Å². The van der Waals surface area contributed by atoms with Crippen LogP contribution in [0.15, 0.2) is 89.8 Å². The van der Waals surface area contributed by atoms with Crippen LogP contribution in [0, 0.1) is 6.92 Å². The molecule has 0 N–H and O–H groups in total. The maximum atomic E-state index is 13.3. The standard InChI is InChI=1S/C23H22N2O2S/c1-18-21-15-9-10-16-22(21)25(17-19-11-5-3-6-12-19)23(18)24(2)28(26,27)20-13-7-4-8-14-20/h3-16H,17H2,1-2H3. The van der Waals surface area contributed by atoms with Crippen molar-refractivity contribution in [1.29, 1.82) is 0 Å². The number of nitrogens with zero attached hydrogens (tertiary/aromatic N) is 2. The fourth-order valence-electron chi connectivity index (χ4n) is 3.66. The molecule has 0 aliphatic heterocycles. The highest BCUT2D eigenvalue weighted by Crippen LogP contribution is 2.35. The second-order valence-corrected chi connectivity index (χ2v) is 8.79. The van der Waals surface area contributed by atoms with Crippen LogP contribution in [0.3, 0.4) is 0 Å². The minimum absolute atomic E-state index is 0.286. The Labute approximate surface area is 165 Å². The Bertz CT molecular complexity index is 1210. The van der Waals surface area contributed by atoms with Crippen molar-refractivity contribution in [2.45, 2.75) is 18.4 Å². The van der Waals surface area contributed by atoms with Crippen LogP contribution in [0.1, 0.15) is 11.1 Å². The average molecular weight is 391 g/mol. The number of hydrogen-bond acceptors (Lipinski definition) is 2. The summed E-state index contributed by atoms with van der Waals surface area (Å²) in [5, 5.41) is 1.06. The minimum Gasteiger partial charge on any atom is -0.322 e. The van der Waals surface area contributed by atoms with Gasteiger partial charge in [-0.15, -0.1) is 0 Å². The molecule has 1 aromatic heterocycles. The first kappa shape index (κ1) is 18.3. The lowest BCUT2D eigenvalue weighted by atomic mass is 10.2. The predicted molar refractivity (Wildman–Crippen MR) is 114 cm³/mol. The van der Waals surface area contributed by atoms with Crippen molar-refractivity contribution >= 4 is 26.7 Å². The summed E-state index contributed by atoms with van der Waals surface area (Å²) in [7, 11) is -2.03. The Morgan fingerprint density at radius 1 is 0.821 bits per heavy atom. The smallest absolute Gasteiger partial charge is 0.265 e. The van der Waals surface area contributed by atoms with E-state index in [0.717, 1.165) is 22.0 Å². The number of fused-ring (bicyclic) bond motifs is 1. The van der Waals surface area contributed by atoms with Crippen LogP contribution >= 0.6 is 0 Å². The average Bonchev–Trinajstić information content (AvgIpc) is 3.01. The van der Waals surface area contributed by atoms with Crippen molar-refractivity contribution in [3.63, 3.8) is 0 Å². The first-order valence-electron chi connectivity index (χ1n) is 9.16. The molecule has 3 aromatic carbocycles. The van der Waals surface area contributed by atoms with Crippen molar-refractivity contribution in [3.05, 3.63) is 96.1 Å².